The summed E-state index contributed by atoms with van der Waals surface area (Å²) in [5.74, 6) is -0.692. The number of piperidine rings is 1. The number of rotatable bonds is 8. The molecule has 0 saturated carbocycles. The van der Waals surface area contributed by atoms with Gasteiger partial charge in [0, 0.05) is 31.8 Å². The Morgan fingerprint density at radius 1 is 1.31 bits per heavy atom. The Hall–Kier alpha value is -3.43. The van der Waals surface area contributed by atoms with E-state index in [1.54, 1.807) is 0 Å². The lowest BCUT2D eigenvalue weighted by atomic mass is 9.99. The van der Waals surface area contributed by atoms with Crippen LogP contribution < -0.4 is 5.32 Å². The van der Waals surface area contributed by atoms with Gasteiger partial charge in [-0.05, 0) is 43.1 Å². The fourth-order valence-corrected chi connectivity index (χ4v) is 4.04. The molecule has 1 aliphatic heterocycles. The fraction of sp³-hybridized carbons (Fsp3) is 0.478. The number of carbonyl (C=O) groups is 1. The molecule has 0 aliphatic carbocycles. The number of anilines is 1. The van der Waals surface area contributed by atoms with E-state index in [2.05, 4.69) is 25.2 Å². The van der Waals surface area contributed by atoms with Crippen LogP contribution in [-0.4, -0.2) is 66.1 Å². The van der Waals surface area contributed by atoms with Crippen molar-refractivity contribution < 1.29 is 32.5 Å². The maximum atomic E-state index is 13.2. The topological polar surface area (TPSA) is 121 Å². The SMILES string of the molecule is COCc1cc(C(F)(F)F)cc(O)c1-c1cc(C#N)c(N[C@@H]2CCCN(CCC(=O)OC)C2)nn1. The zero-order chi connectivity index (χ0) is 25.6. The molecule has 0 amide bonds. The standard InChI is InChI=1S/C23H26F3N5O4/c1-34-13-15-8-16(23(24,25)26)10-19(32)21(15)18-9-14(11-27)22(30-29-18)28-17-4-3-6-31(12-17)7-5-20(33)35-2/h8-10,17,32H,3-7,12-13H2,1-2H3,(H,28,30)/t17-/m1/s1. The predicted octanol–water partition coefficient (Wildman–Crippen LogP) is 3.33. The number of nitrogens with zero attached hydrogens (tertiary/aromatic N) is 4. The summed E-state index contributed by atoms with van der Waals surface area (Å²) in [6.07, 6.45) is -2.67. The van der Waals surface area contributed by atoms with Crippen molar-refractivity contribution >= 4 is 11.8 Å². The number of hydrogen-bond acceptors (Lipinski definition) is 9. The summed E-state index contributed by atoms with van der Waals surface area (Å²) >= 11 is 0. The highest BCUT2D eigenvalue weighted by atomic mass is 19.4. The highest BCUT2D eigenvalue weighted by Crippen LogP contribution is 2.39. The quantitative estimate of drug-likeness (QED) is 0.534. The number of carbonyl (C=O) groups excluding carboxylic acids is 1. The van der Waals surface area contributed by atoms with Crippen molar-refractivity contribution in [3.8, 4) is 23.1 Å². The first kappa shape index (κ1) is 26.2. The van der Waals surface area contributed by atoms with Crippen molar-refractivity contribution in [3.63, 3.8) is 0 Å². The molecule has 2 N–H and O–H groups in total. The number of nitrogens with one attached hydrogen (secondary N) is 1. The molecule has 1 aromatic heterocycles. The number of halogens is 3. The lowest BCUT2D eigenvalue weighted by molar-refractivity contribution is -0.141. The molecule has 3 rings (SSSR count). The highest BCUT2D eigenvalue weighted by molar-refractivity contribution is 5.73. The van der Waals surface area contributed by atoms with Gasteiger partial charge in [-0.25, -0.2) is 0 Å². The van der Waals surface area contributed by atoms with Gasteiger partial charge in [0.25, 0.3) is 0 Å². The molecule has 1 fully saturated rings. The van der Waals surface area contributed by atoms with E-state index in [9.17, 15) is 28.3 Å². The Morgan fingerprint density at radius 2 is 2.09 bits per heavy atom. The molecular weight excluding hydrogens is 467 g/mol. The third kappa shape index (κ3) is 6.58. The van der Waals surface area contributed by atoms with Crippen molar-refractivity contribution in [2.75, 3.05) is 39.2 Å². The van der Waals surface area contributed by atoms with Crippen LogP contribution in [0, 0.1) is 11.3 Å². The fourth-order valence-electron chi connectivity index (χ4n) is 4.04. The van der Waals surface area contributed by atoms with Crippen LogP contribution in [0.5, 0.6) is 5.75 Å². The van der Waals surface area contributed by atoms with E-state index in [0.717, 1.165) is 25.5 Å². The summed E-state index contributed by atoms with van der Waals surface area (Å²) in [7, 11) is 2.66. The van der Waals surface area contributed by atoms with Gasteiger partial charge in [0.1, 0.15) is 11.8 Å². The minimum absolute atomic E-state index is 0.0158. The Balaban J connectivity index is 1.84. The van der Waals surface area contributed by atoms with E-state index in [0.29, 0.717) is 19.2 Å². The normalized spacial score (nSPS) is 16.5. The number of likely N-dealkylation sites (tertiary alicyclic amines) is 1. The molecular formula is C23H26F3N5O4. The van der Waals surface area contributed by atoms with Crippen molar-refractivity contribution in [1.82, 2.24) is 15.1 Å². The Kier molecular flexibility index (Phi) is 8.48. The number of phenols is 1. The van der Waals surface area contributed by atoms with Gasteiger partial charge in [-0.3, -0.25) is 4.79 Å². The molecule has 1 aromatic carbocycles. The number of aromatic hydroxyl groups is 1. The number of benzene rings is 1. The first-order valence-electron chi connectivity index (χ1n) is 10.9. The molecule has 0 spiro atoms. The van der Waals surface area contributed by atoms with Crippen LogP contribution in [0.1, 0.15) is 36.0 Å². The highest BCUT2D eigenvalue weighted by Gasteiger charge is 2.33. The minimum Gasteiger partial charge on any atom is -0.507 e. The molecule has 2 heterocycles. The monoisotopic (exact) mass is 493 g/mol. The first-order chi connectivity index (χ1) is 16.7. The first-order valence-corrected chi connectivity index (χ1v) is 10.9. The third-order valence-electron chi connectivity index (χ3n) is 5.70. The summed E-state index contributed by atoms with van der Waals surface area (Å²) < 4.78 is 49.3. The molecule has 1 aliphatic rings. The van der Waals surface area contributed by atoms with Crippen LogP contribution in [0.3, 0.4) is 0 Å². The second-order valence-electron chi connectivity index (χ2n) is 8.17. The van der Waals surface area contributed by atoms with Crippen LogP contribution in [0.15, 0.2) is 18.2 Å². The number of phenolic OH excluding ortho intramolecular Hbond substituents is 1. The van der Waals surface area contributed by atoms with Gasteiger partial charge in [-0.15, -0.1) is 10.2 Å². The van der Waals surface area contributed by atoms with Crippen molar-refractivity contribution in [3.05, 3.63) is 34.9 Å². The Bertz CT molecular complexity index is 1100. The second kappa shape index (κ2) is 11.3. The van der Waals surface area contributed by atoms with Gasteiger partial charge in [-0.1, -0.05) is 0 Å². The Morgan fingerprint density at radius 3 is 2.74 bits per heavy atom. The molecule has 0 unspecified atom stereocenters. The second-order valence-corrected chi connectivity index (χ2v) is 8.17. The van der Waals surface area contributed by atoms with Gasteiger partial charge in [-0.2, -0.15) is 18.4 Å². The molecule has 2 aromatic rings. The summed E-state index contributed by atoms with van der Waals surface area (Å²) in [6.45, 7) is 1.80. The molecule has 0 bridgehead atoms. The number of hydrogen-bond donors (Lipinski definition) is 2. The summed E-state index contributed by atoms with van der Waals surface area (Å²) in [6, 6.07) is 4.84. The summed E-state index contributed by atoms with van der Waals surface area (Å²) in [4.78, 5) is 13.5. The number of alkyl halides is 3. The largest absolute Gasteiger partial charge is 0.507 e. The average Bonchev–Trinajstić information content (AvgIpc) is 2.82. The zero-order valence-corrected chi connectivity index (χ0v) is 19.4. The molecule has 12 heteroatoms. The molecule has 0 radical (unpaired) electrons. The predicted molar refractivity (Wildman–Crippen MR) is 119 cm³/mol. The molecule has 188 valence electrons. The van der Waals surface area contributed by atoms with Crippen molar-refractivity contribution in [1.29, 1.82) is 5.26 Å². The summed E-state index contributed by atoms with van der Waals surface area (Å²) in [5.41, 5.74) is -0.765. The van der Waals surface area contributed by atoms with Gasteiger partial charge in [0.15, 0.2) is 5.82 Å². The van der Waals surface area contributed by atoms with Crippen LogP contribution in [-0.2, 0) is 27.1 Å². The molecule has 1 atom stereocenters. The number of esters is 1. The van der Waals surface area contributed by atoms with E-state index < -0.39 is 17.5 Å². The average molecular weight is 493 g/mol. The lowest BCUT2D eigenvalue weighted by Crippen LogP contribution is -2.43. The Labute approximate surface area is 200 Å². The van der Waals surface area contributed by atoms with Gasteiger partial charge >= 0.3 is 12.1 Å². The van der Waals surface area contributed by atoms with Crippen LogP contribution in [0.25, 0.3) is 11.3 Å². The maximum Gasteiger partial charge on any atom is 0.416 e. The number of aromatic nitrogens is 2. The third-order valence-corrected chi connectivity index (χ3v) is 5.70. The van der Waals surface area contributed by atoms with E-state index in [1.165, 1.54) is 20.3 Å². The number of nitriles is 1. The van der Waals surface area contributed by atoms with Gasteiger partial charge in [0.2, 0.25) is 0 Å². The van der Waals surface area contributed by atoms with Gasteiger partial charge in [0.05, 0.1) is 37.0 Å². The summed E-state index contributed by atoms with van der Waals surface area (Å²) in [5, 5.41) is 31.4. The van der Waals surface area contributed by atoms with Crippen molar-refractivity contribution in [2.24, 2.45) is 0 Å². The van der Waals surface area contributed by atoms with Crippen molar-refractivity contribution in [2.45, 2.75) is 38.1 Å². The lowest BCUT2D eigenvalue weighted by Gasteiger charge is -2.33. The van der Waals surface area contributed by atoms with E-state index in [-0.39, 0.29) is 53.2 Å². The van der Waals surface area contributed by atoms with Gasteiger partial charge < -0.3 is 24.8 Å². The zero-order valence-electron chi connectivity index (χ0n) is 19.4. The van der Waals surface area contributed by atoms with Crippen LogP contribution in [0.2, 0.25) is 0 Å². The molecule has 9 nitrogen and oxygen atoms in total. The smallest absolute Gasteiger partial charge is 0.416 e. The minimum atomic E-state index is -4.65. The number of ether oxygens (including phenoxy) is 2. The van der Waals surface area contributed by atoms with Crippen LogP contribution >= 0.6 is 0 Å². The molecule has 35 heavy (non-hydrogen) atoms. The number of methoxy groups -OCH3 is 2. The maximum absolute atomic E-state index is 13.2. The van der Waals surface area contributed by atoms with Crippen LogP contribution in [0.4, 0.5) is 19.0 Å². The van der Waals surface area contributed by atoms with E-state index in [4.69, 9.17) is 4.74 Å². The van der Waals surface area contributed by atoms with E-state index in [1.807, 2.05) is 6.07 Å². The van der Waals surface area contributed by atoms with E-state index >= 15 is 0 Å². The molecule has 1 saturated heterocycles.